The summed E-state index contributed by atoms with van der Waals surface area (Å²) in [5, 5.41) is 11.3. The highest BCUT2D eigenvalue weighted by molar-refractivity contribution is 5.85. The van der Waals surface area contributed by atoms with E-state index in [1.54, 1.807) is 6.20 Å². The van der Waals surface area contributed by atoms with Crippen molar-refractivity contribution in [2.24, 2.45) is 5.92 Å². The van der Waals surface area contributed by atoms with Crippen LogP contribution >= 0.6 is 24.8 Å². The molecule has 0 radical (unpaired) electrons. The summed E-state index contributed by atoms with van der Waals surface area (Å²) in [4.78, 5) is 16.2. The molecule has 1 saturated heterocycles. The van der Waals surface area contributed by atoms with Crippen LogP contribution in [0.3, 0.4) is 0 Å². The average Bonchev–Trinajstić information content (AvgIpc) is 3.32. The van der Waals surface area contributed by atoms with Gasteiger partial charge in [-0.2, -0.15) is 5.10 Å². The maximum atomic E-state index is 12.1. The maximum absolute atomic E-state index is 12.1. The van der Waals surface area contributed by atoms with Gasteiger partial charge in [0, 0.05) is 32.4 Å². The molecular weight excluding hydrogens is 325 g/mol. The van der Waals surface area contributed by atoms with Crippen molar-refractivity contribution >= 4 is 36.5 Å². The molecule has 0 aromatic carbocycles. The lowest BCUT2D eigenvalue weighted by Crippen LogP contribution is -2.51. The van der Waals surface area contributed by atoms with E-state index in [0.29, 0.717) is 6.54 Å². The molecule has 0 bridgehead atoms. The minimum Gasteiger partial charge on any atom is -0.352 e. The van der Waals surface area contributed by atoms with Gasteiger partial charge in [0.05, 0.1) is 6.54 Å². The third-order valence-corrected chi connectivity index (χ3v) is 3.92. The predicted octanol–water partition coefficient (Wildman–Crippen LogP) is 0.968. The lowest BCUT2D eigenvalue weighted by Gasteiger charge is -2.35. The minimum absolute atomic E-state index is 0. The number of anilines is 1. The second-order valence-corrected chi connectivity index (χ2v) is 5.52. The van der Waals surface area contributed by atoms with Crippen LogP contribution in [0.5, 0.6) is 0 Å². The van der Waals surface area contributed by atoms with Gasteiger partial charge in [-0.1, -0.05) is 0 Å². The lowest BCUT2D eigenvalue weighted by molar-refractivity contribution is -0.130. The van der Waals surface area contributed by atoms with E-state index in [9.17, 15) is 4.79 Å². The molecule has 2 aliphatic rings. The zero-order valence-corrected chi connectivity index (χ0v) is 14.1. The number of halogens is 2. The molecule has 124 valence electrons. The molecule has 2 fully saturated rings. The van der Waals surface area contributed by atoms with Crippen LogP contribution < -0.4 is 10.2 Å². The number of nitrogens with one attached hydrogen (secondary N) is 1. The summed E-state index contributed by atoms with van der Waals surface area (Å²) in [6, 6.07) is 3.85. The summed E-state index contributed by atoms with van der Waals surface area (Å²) < 4.78 is 0. The zero-order chi connectivity index (χ0) is 13.8. The average molecular weight is 348 g/mol. The van der Waals surface area contributed by atoms with Crippen LogP contribution in [-0.4, -0.2) is 60.3 Å². The molecule has 0 atom stereocenters. The number of amides is 1. The molecule has 1 amide bonds. The van der Waals surface area contributed by atoms with Crippen LogP contribution in [0.15, 0.2) is 18.3 Å². The second-order valence-electron chi connectivity index (χ2n) is 5.52. The number of aromatic nitrogens is 2. The standard InChI is InChI=1S/C14H21N5O.2ClH/c20-14(11-15-10-12-3-4-12)19-8-6-18(7-9-19)13-2-1-5-16-17-13;;/h1-2,5,12,15H,3-4,6-11H2;2*1H. The van der Waals surface area contributed by atoms with E-state index in [2.05, 4.69) is 20.4 Å². The van der Waals surface area contributed by atoms with Crippen LogP contribution in [0.2, 0.25) is 0 Å². The van der Waals surface area contributed by atoms with Crippen LogP contribution in [0, 0.1) is 5.92 Å². The number of carbonyl (C=O) groups excluding carboxylic acids is 1. The van der Waals surface area contributed by atoms with E-state index in [-0.39, 0.29) is 30.7 Å². The summed E-state index contributed by atoms with van der Waals surface area (Å²) in [6.07, 6.45) is 4.31. The molecule has 1 N–H and O–H groups in total. The number of carbonyl (C=O) groups is 1. The second kappa shape index (κ2) is 9.12. The molecule has 0 spiro atoms. The van der Waals surface area contributed by atoms with Crippen molar-refractivity contribution < 1.29 is 4.79 Å². The summed E-state index contributed by atoms with van der Waals surface area (Å²) in [5.41, 5.74) is 0. The van der Waals surface area contributed by atoms with Gasteiger partial charge in [0.15, 0.2) is 5.82 Å². The molecule has 8 heteroatoms. The Kier molecular flexibility index (Phi) is 7.85. The van der Waals surface area contributed by atoms with Crippen molar-refractivity contribution in [3.8, 4) is 0 Å². The number of nitrogens with zero attached hydrogens (tertiary/aromatic N) is 4. The summed E-state index contributed by atoms with van der Waals surface area (Å²) in [6.45, 7) is 4.65. The first-order valence-electron chi connectivity index (χ1n) is 7.34. The van der Waals surface area contributed by atoms with Crippen LogP contribution in [0.25, 0.3) is 0 Å². The molecule has 0 unspecified atom stereocenters. The van der Waals surface area contributed by atoms with Gasteiger partial charge in [0.2, 0.25) is 5.91 Å². The van der Waals surface area contributed by atoms with Gasteiger partial charge >= 0.3 is 0 Å². The van der Waals surface area contributed by atoms with Crippen molar-refractivity contribution in [3.63, 3.8) is 0 Å². The number of hydrogen-bond acceptors (Lipinski definition) is 5. The summed E-state index contributed by atoms with van der Waals surface area (Å²) >= 11 is 0. The zero-order valence-electron chi connectivity index (χ0n) is 12.5. The van der Waals surface area contributed by atoms with Crippen LogP contribution in [-0.2, 0) is 4.79 Å². The van der Waals surface area contributed by atoms with Gasteiger partial charge < -0.3 is 15.1 Å². The normalized spacial score (nSPS) is 17.5. The van der Waals surface area contributed by atoms with E-state index in [0.717, 1.165) is 44.5 Å². The fraction of sp³-hybridized carbons (Fsp3) is 0.643. The van der Waals surface area contributed by atoms with Crippen molar-refractivity contribution in [3.05, 3.63) is 18.3 Å². The molecule has 3 rings (SSSR count). The Bertz CT molecular complexity index is 450. The monoisotopic (exact) mass is 347 g/mol. The van der Waals surface area contributed by atoms with E-state index in [1.807, 2.05) is 17.0 Å². The minimum atomic E-state index is 0. The van der Waals surface area contributed by atoms with Crippen molar-refractivity contribution in [2.75, 3.05) is 44.2 Å². The van der Waals surface area contributed by atoms with Crippen LogP contribution in [0.1, 0.15) is 12.8 Å². The van der Waals surface area contributed by atoms with Gasteiger partial charge in [-0.25, -0.2) is 0 Å². The summed E-state index contributed by atoms with van der Waals surface area (Å²) in [5.74, 6) is 1.92. The highest BCUT2D eigenvalue weighted by Crippen LogP contribution is 2.27. The molecule has 2 heterocycles. The fourth-order valence-corrected chi connectivity index (χ4v) is 2.46. The van der Waals surface area contributed by atoms with Gasteiger partial charge in [-0.05, 0) is 37.4 Å². The Morgan fingerprint density at radius 1 is 1.23 bits per heavy atom. The lowest BCUT2D eigenvalue weighted by atomic mass is 10.3. The molecular formula is C14H23Cl2N5O. The third kappa shape index (κ3) is 5.26. The quantitative estimate of drug-likeness (QED) is 0.859. The number of hydrogen-bond donors (Lipinski definition) is 1. The third-order valence-electron chi connectivity index (χ3n) is 3.92. The van der Waals surface area contributed by atoms with Gasteiger partial charge in [-0.15, -0.1) is 29.9 Å². The molecule has 1 aromatic rings. The predicted molar refractivity (Wildman–Crippen MR) is 90.9 cm³/mol. The molecule has 6 nitrogen and oxygen atoms in total. The highest BCUT2D eigenvalue weighted by atomic mass is 35.5. The van der Waals surface area contributed by atoms with Crippen molar-refractivity contribution in [1.82, 2.24) is 20.4 Å². The topological polar surface area (TPSA) is 61.4 Å². The Hall–Kier alpha value is -1.11. The van der Waals surface area contributed by atoms with Crippen molar-refractivity contribution in [1.29, 1.82) is 0 Å². The van der Waals surface area contributed by atoms with E-state index in [1.165, 1.54) is 12.8 Å². The molecule has 22 heavy (non-hydrogen) atoms. The Morgan fingerprint density at radius 2 is 1.95 bits per heavy atom. The van der Waals surface area contributed by atoms with Gasteiger partial charge in [0.25, 0.3) is 0 Å². The molecule has 1 aromatic heterocycles. The van der Waals surface area contributed by atoms with Crippen molar-refractivity contribution in [2.45, 2.75) is 12.8 Å². The maximum Gasteiger partial charge on any atom is 0.236 e. The first-order chi connectivity index (χ1) is 9.83. The fourth-order valence-electron chi connectivity index (χ4n) is 2.46. The Labute approximate surface area is 143 Å². The summed E-state index contributed by atoms with van der Waals surface area (Å²) in [7, 11) is 0. The van der Waals surface area contributed by atoms with Gasteiger partial charge in [-0.3, -0.25) is 4.79 Å². The van der Waals surface area contributed by atoms with E-state index < -0.39 is 0 Å². The highest BCUT2D eigenvalue weighted by Gasteiger charge is 2.23. The molecule has 1 aliphatic heterocycles. The Balaban J connectivity index is 0.00000121. The SMILES string of the molecule is Cl.Cl.O=C(CNCC1CC1)N1CCN(c2cccnn2)CC1. The first kappa shape index (κ1) is 18.9. The Morgan fingerprint density at radius 3 is 2.55 bits per heavy atom. The van der Waals surface area contributed by atoms with Crippen LogP contribution in [0.4, 0.5) is 5.82 Å². The van der Waals surface area contributed by atoms with E-state index >= 15 is 0 Å². The molecule has 1 saturated carbocycles. The number of piperazine rings is 1. The first-order valence-corrected chi connectivity index (χ1v) is 7.34. The molecule has 1 aliphatic carbocycles. The van der Waals surface area contributed by atoms with Gasteiger partial charge in [0.1, 0.15) is 0 Å². The number of rotatable bonds is 5. The van der Waals surface area contributed by atoms with E-state index in [4.69, 9.17) is 0 Å². The largest absolute Gasteiger partial charge is 0.352 e. The smallest absolute Gasteiger partial charge is 0.236 e.